The van der Waals surface area contributed by atoms with Crippen molar-refractivity contribution in [3.8, 4) is 22.7 Å². The molecule has 0 atom stereocenters. The van der Waals surface area contributed by atoms with Gasteiger partial charge >= 0.3 is 0 Å². The van der Waals surface area contributed by atoms with E-state index in [9.17, 15) is 4.79 Å². The fourth-order valence-corrected chi connectivity index (χ4v) is 5.45. The van der Waals surface area contributed by atoms with Gasteiger partial charge in [-0.3, -0.25) is 9.69 Å². The first-order valence-corrected chi connectivity index (χ1v) is 13.6. The molecule has 40 heavy (non-hydrogen) atoms. The summed E-state index contributed by atoms with van der Waals surface area (Å²) in [6.45, 7) is 2.84. The van der Waals surface area contributed by atoms with Gasteiger partial charge in [-0.05, 0) is 41.5 Å². The van der Waals surface area contributed by atoms with Crippen LogP contribution in [0.5, 0.6) is 5.75 Å². The van der Waals surface area contributed by atoms with Crippen LogP contribution >= 0.6 is 0 Å². The second-order valence-corrected chi connectivity index (χ2v) is 9.95. The summed E-state index contributed by atoms with van der Waals surface area (Å²) in [7, 11) is 1.65. The van der Waals surface area contributed by atoms with E-state index in [-0.39, 0.29) is 11.9 Å². The van der Waals surface area contributed by atoms with Crippen LogP contribution in [-0.4, -0.2) is 58.8 Å². The largest absolute Gasteiger partial charge is 0.497 e. The topological polar surface area (TPSA) is 50.6 Å². The average molecular weight is 529 g/mol. The lowest BCUT2D eigenvalue weighted by atomic mass is 9.96. The fraction of sp³-hybridized carbons (Fsp3) is 0.176. The van der Waals surface area contributed by atoms with Crippen LogP contribution in [-0.2, 0) is 0 Å². The van der Waals surface area contributed by atoms with E-state index in [0.717, 1.165) is 35.8 Å². The first-order chi connectivity index (χ1) is 19.7. The Morgan fingerprint density at radius 2 is 1.32 bits per heavy atom. The maximum atomic E-state index is 14.0. The van der Waals surface area contributed by atoms with E-state index < -0.39 is 0 Å². The number of amides is 1. The number of hydrogen-bond donors (Lipinski definition) is 0. The van der Waals surface area contributed by atoms with Gasteiger partial charge in [0.1, 0.15) is 11.4 Å². The number of benzene rings is 4. The zero-order valence-corrected chi connectivity index (χ0v) is 22.6. The number of ether oxygens (including phenoxy) is 1. The highest BCUT2D eigenvalue weighted by molar-refractivity contribution is 5.94. The number of para-hydroxylation sites is 1. The Bertz CT molecular complexity index is 1520. The van der Waals surface area contributed by atoms with Gasteiger partial charge in [-0.2, -0.15) is 5.10 Å². The van der Waals surface area contributed by atoms with Crippen LogP contribution < -0.4 is 4.74 Å². The standard InChI is InChI=1S/C34H32N4O2/c1-40-30-19-11-16-28(24-30)31-25-32(38(35-31)29-17-9-4-10-18-29)34(39)37-22-20-36(21-23-37)33(26-12-5-2-6-13-26)27-14-7-3-8-15-27/h2-19,24-25,33H,20-23H2,1H3. The molecule has 0 saturated carbocycles. The van der Waals surface area contributed by atoms with Gasteiger partial charge in [0.15, 0.2) is 0 Å². The lowest BCUT2D eigenvalue weighted by Crippen LogP contribution is -2.50. The summed E-state index contributed by atoms with van der Waals surface area (Å²) in [5, 5.41) is 4.87. The Balaban J connectivity index is 1.27. The summed E-state index contributed by atoms with van der Waals surface area (Å²) in [4.78, 5) is 18.4. The zero-order valence-electron chi connectivity index (χ0n) is 22.6. The van der Waals surface area contributed by atoms with Gasteiger partial charge in [-0.15, -0.1) is 0 Å². The third-order valence-electron chi connectivity index (χ3n) is 7.49. The van der Waals surface area contributed by atoms with Crippen LogP contribution in [0.25, 0.3) is 16.9 Å². The molecule has 2 heterocycles. The van der Waals surface area contributed by atoms with Crippen molar-refractivity contribution >= 4 is 5.91 Å². The van der Waals surface area contributed by atoms with Crippen LogP contribution in [0.2, 0.25) is 0 Å². The highest BCUT2D eigenvalue weighted by atomic mass is 16.5. The molecule has 0 bridgehead atoms. The molecule has 4 aromatic carbocycles. The van der Waals surface area contributed by atoms with Gasteiger partial charge in [0.25, 0.3) is 5.91 Å². The molecule has 6 heteroatoms. The number of methoxy groups -OCH3 is 1. The van der Waals surface area contributed by atoms with Crippen LogP contribution in [0, 0.1) is 0 Å². The molecule has 5 aromatic rings. The lowest BCUT2D eigenvalue weighted by Gasteiger charge is -2.39. The Labute approximate surface area is 235 Å². The van der Waals surface area contributed by atoms with Crippen molar-refractivity contribution < 1.29 is 9.53 Å². The number of nitrogens with zero attached hydrogens (tertiary/aromatic N) is 4. The first-order valence-electron chi connectivity index (χ1n) is 13.6. The van der Waals surface area contributed by atoms with Crippen molar-refractivity contribution in [2.45, 2.75) is 6.04 Å². The zero-order chi connectivity index (χ0) is 27.3. The molecule has 1 aliphatic rings. The van der Waals surface area contributed by atoms with E-state index in [1.54, 1.807) is 11.8 Å². The van der Waals surface area contributed by atoms with Gasteiger partial charge < -0.3 is 9.64 Å². The molecule has 0 radical (unpaired) electrons. The average Bonchev–Trinajstić information content (AvgIpc) is 3.48. The first kappa shape index (κ1) is 25.6. The Kier molecular flexibility index (Phi) is 7.42. The SMILES string of the molecule is COc1cccc(-c2cc(C(=O)N3CCN(C(c4ccccc4)c4ccccc4)CC3)n(-c3ccccc3)n2)c1. The monoisotopic (exact) mass is 528 g/mol. The van der Waals surface area contributed by atoms with Crippen molar-refractivity contribution in [2.75, 3.05) is 33.3 Å². The molecule has 1 aromatic heterocycles. The molecular formula is C34H32N4O2. The van der Waals surface area contributed by atoms with Crippen LogP contribution in [0.1, 0.15) is 27.7 Å². The molecule has 0 unspecified atom stereocenters. The third kappa shape index (κ3) is 5.26. The van der Waals surface area contributed by atoms with Gasteiger partial charge in [0.05, 0.1) is 24.5 Å². The molecule has 1 fully saturated rings. The van der Waals surface area contributed by atoms with Gasteiger partial charge in [0.2, 0.25) is 0 Å². The highest BCUT2D eigenvalue weighted by Gasteiger charge is 2.30. The third-order valence-corrected chi connectivity index (χ3v) is 7.49. The predicted molar refractivity (Wildman–Crippen MR) is 158 cm³/mol. The smallest absolute Gasteiger partial charge is 0.272 e. The number of carbonyl (C=O) groups excluding carboxylic acids is 1. The lowest BCUT2D eigenvalue weighted by molar-refractivity contribution is 0.0588. The number of hydrogen-bond acceptors (Lipinski definition) is 4. The van der Waals surface area contributed by atoms with E-state index in [2.05, 4.69) is 65.6 Å². The van der Waals surface area contributed by atoms with Crippen molar-refractivity contribution in [2.24, 2.45) is 0 Å². The van der Waals surface area contributed by atoms with Crippen LogP contribution in [0.3, 0.4) is 0 Å². The highest BCUT2D eigenvalue weighted by Crippen LogP contribution is 2.30. The summed E-state index contributed by atoms with van der Waals surface area (Å²) >= 11 is 0. The molecule has 6 nitrogen and oxygen atoms in total. The molecule has 1 saturated heterocycles. The Hall–Kier alpha value is -4.68. The van der Waals surface area contributed by atoms with E-state index >= 15 is 0 Å². The number of piperazine rings is 1. The maximum Gasteiger partial charge on any atom is 0.272 e. The summed E-state index contributed by atoms with van der Waals surface area (Å²) in [5.74, 6) is 0.739. The van der Waals surface area contributed by atoms with Gasteiger partial charge in [0, 0.05) is 31.7 Å². The molecular weight excluding hydrogens is 496 g/mol. The fourth-order valence-electron chi connectivity index (χ4n) is 5.45. The minimum Gasteiger partial charge on any atom is -0.497 e. The minimum absolute atomic E-state index is 0.0129. The van der Waals surface area contributed by atoms with Crippen molar-refractivity contribution in [1.29, 1.82) is 0 Å². The van der Waals surface area contributed by atoms with Crippen LogP contribution in [0.15, 0.2) is 121 Å². The van der Waals surface area contributed by atoms with Crippen molar-refractivity contribution in [3.63, 3.8) is 0 Å². The number of rotatable bonds is 7. The molecule has 200 valence electrons. The number of aromatic nitrogens is 2. The predicted octanol–water partition coefficient (Wildman–Crippen LogP) is 6.10. The van der Waals surface area contributed by atoms with Crippen molar-refractivity contribution in [1.82, 2.24) is 19.6 Å². The molecule has 6 rings (SSSR count). The van der Waals surface area contributed by atoms with Gasteiger partial charge in [-0.25, -0.2) is 4.68 Å². The Morgan fingerprint density at radius 3 is 1.93 bits per heavy atom. The van der Waals surface area contributed by atoms with E-state index in [0.29, 0.717) is 18.8 Å². The Morgan fingerprint density at radius 1 is 0.725 bits per heavy atom. The van der Waals surface area contributed by atoms with Crippen LogP contribution in [0.4, 0.5) is 0 Å². The quantitative estimate of drug-likeness (QED) is 0.256. The molecule has 0 N–H and O–H groups in total. The summed E-state index contributed by atoms with van der Waals surface area (Å²) < 4.78 is 7.18. The number of carbonyl (C=O) groups is 1. The minimum atomic E-state index is -0.0129. The summed E-state index contributed by atoms with van der Waals surface area (Å²) in [6, 6.07) is 40.9. The summed E-state index contributed by atoms with van der Waals surface area (Å²) in [5.41, 5.74) is 5.57. The molecule has 1 amide bonds. The normalized spacial score (nSPS) is 13.9. The van der Waals surface area contributed by atoms with E-state index in [4.69, 9.17) is 9.84 Å². The molecule has 1 aliphatic heterocycles. The summed E-state index contributed by atoms with van der Waals surface area (Å²) in [6.07, 6.45) is 0. The molecule has 0 spiro atoms. The van der Waals surface area contributed by atoms with E-state index in [1.165, 1.54) is 11.1 Å². The van der Waals surface area contributed by atoms with Crippen molar-refractivity contribution in [3.05, 3.63) is 138 Å². The maximum absolute atomic E-state index is 14.0. The second kappa shape index (κ2) is 11.6. The molecule has 0 aliphatic carbocycles. The van der Waals surface area contributed by atoms with Gasteiger partial charge in [-0.1, -0.05) is 91.0 Å². The van der Waals surface area contributed by atoms with E-state index in [1.807, 2.05) is 65.6 Å². The second-order valence-electron chi connectivity index (χ2n) is 9.95.